The molecule has 0 bridgehead atoms. The van der Waals surface area contributed by atoms with Crippen molar-refractivity contribution in [2.75, 3.05) is 39.5 Å². The van der Waals surface area contributed by atoms with Gasteiger partial charge in [-0.05, 0) is 31.2 Å². The number of ether oxygens (including phenoxy) is 2. The third-order valence-electron chi connectivity index (χ3n) is 5.86. The van der Waals surface area contributed by atoms with Crippen LogP contribution in [0.15, 0.2) is 34.9 Å². The molecule has 0 N–H and O–H groups in total. The lowest BCUT2D eigenvalue weighted by Gasteiger charge is -2.38. The molecule has 2 aliphatic heterocycles. The van der Waals surface area contributed by atoms with Gasteiger partial charge >= 0.3 is 0 Å². The molecule has 1 aromatic carbocycles. The Morgan fingerprint density at radius 2 is 2.00 bits per heavy atom. The van der Waals surface area contributed by atoms with Crippen molar-refractivity contribution in [2.24, 2.45) is 5.92 Å². The fourth-order valence-corrected chi connectivity index (χ4v) is 3.83. The van der Waals surface area contributed by atoms with E-state index >= 15 is 0 Å². The first kappa shape index (κ1) is 20.0. The number of hydrogen-bond acceptors (Lipinski definition) is 6. The third kappa shape index (κ3) is 5.03. The number of carbonyl (C=O) groups is 1. The summed E-state index contributed by atoms with van der Waals surface area (Å²) in [5.74, 6) is 2.04. The summed E-state index contributed by atoms with van der Waals surface area (Å²) in [6.07, 6.45) is 2.80. The largest absolute Gasteiger partial charge is 0.381 e. The maximum Gasteiger partial charge on any atom is 0.233 e. The lowest BCUT2D eigenvalue weighted by molar-refractivity contribution is -0.137. The van der Waals surface area contributed by atoms with Gasteiger partial charge in [0.1, 0.15) is 0 Å². The fourth-order valence-electron chi connectivity index (χ4n) is 3.83. The Balaban J connectivity index is 1.18. The van der Waals surface area contributed by atoms with Gasteiger partial charge in [0.15, 0.2) is 5.82 Å². The zero-order valence-corrected chi connectivity index (χ0v) is 17.0. The maximum absolute atomic E-state index is 12.6. The number of aromatic nitrogens is 2. The van der Waals surface area contributed by atoms with Crippen molar-refractivity contribution in [1.82, 2.24) is 15.0 Å². The number of hydrogen-bond donors (Lipinski definition) is 0. The molecular formula is C22H29N3O4. The molecule has 29 heavy (non-hydrogen) atoms. The summed E-state index contributed by atoms with van der Waals surface area (Å²) in [6.45, 7) is 6.28. The van der Waals surface area contributed by atoms with Crippen LogP contribution in [0.2, 0.25) is 0 Å². The van der Waals surface area contributed by atoms with Crippen molar-refractivity contribution >= 4 is 5.91 Å². The molecule has 2 aromatic rings. The van der Waals surface area contributed by atoms with Crippen molar-refractivity contribution in [3.63, 3.8) is 0 Å². The maximum atomic E-state index is 12.6. The normalized spacial score (nSPS) is 19.1. The third-order valence-corrected chi connectivity index (χ3v) is 5.86. The zero-order valence-electron chi connectivity index (χ0n) is 17.0. The summed E-state index contributed by atoms with van der Waals surface area (Å²) >= 11 is 0. The highest BCUT2D eigenvalue weighted by molar-refractivity contribution is 5.84. The minimum atomic E-state index is -0.136. The summed E-state index contributed by atoms with van der Waals surface area (Å²) in [7, 11) is 0. The fraction of sp³-hybridized carbons (Fsp3) is 0.591. The monoisotopic (exact) mass is 399 g/mol. The van der Waals surface area contributed by atoms with Crippen molar-refractivity contribution in [1.29, 1.82) is 0 Å². The second kappa shape index (κ2) is 9.50. The predicted octanol–water partition coefficient (Wildman–Crippen LogP) is 2.78. The molecule has 2 fully saturated rings. The number of amides is 1. The van der Waals surface area contributed by atoms with Crippen LogP contribution in [-0.2, 0) is 20.7 Å². The number of nitrogens with zero attached hydrogens (tertiary/aromatic N) is 3. The number of benzene rings is 1. The molecule has 2 saturated heterocycles. The zero-order chi connectivity index (χ0) is 20.1. The van der Waals surface area contributed by atoms with Crippen LogP contribution >= 0.6 is 0 Å². The molecule has 0 spiro atoms. The van der Waals surface area contributed by atoms with Gasteiger partial charge in [0.05, 0.1) is 18.4 Å². The van der Waals surface area contributed by atoms with E-state index in [1.807, 2.05) is 42.2 Å². The van der Waals surface area contributed by atoms with E-state index in [0.717, 1.165) is 38.2 Å². The Morgan fingerprint density at radius 3 is 2.76 bits per heavy atom. The van der Waals surface area contributed by atoms with Crippen LogP contribution in [0.25, 0.3) is 0 Å². The Morgan fingerprint density at radius 1 is 1.24 bits per heavy atom. The molecular weight excluding hydrogens is 370 g/mol. The van der Waals surface area contributed by atoms with Crippen LogP contribution in [0, 0.1) is 5.92 Å². The number of rotatable bonds is 8. The first-order valence-corrected chi connectivity index (χ1v) is 10.5. The summed E-state index contributed by atoms with van der Waals surface area (Å²) in [6, 6.07) is 9.88. The van der Waals surface area contributed by atoms with Crippen molar-refractivity contribution in [2.45, 2.75) is 38.0 Å². The molecule has 1 atom stereocenters. The first-order valence-electron chi connectivity index (χ1n) is 10.5. The molecule has 0 radical (unpaired) electrons. The van der Waals surface area contributed by atoms with E-state index in [9.17, 15) is 4.79 Å². The van der Waals surface area contributed by atoms with Crippen molar-refractivity contribution in [3.05, 3.63) is 47.6 Å². The summed E-state index contributed by atoms with van der Waals surface area (Å²) in [4.78, 5) is 19.0. The van der Waals surface area contributed by atoms with Crippen LogP contribution in [-0.4, -0.2) is 60.5 Å². The highest BCUT2D eigenvalue weighted by Crippen LogP contribution is 2.29. The van der Waals surface area contributed by atoms with Gasteiger partial charge in [0.25, 0.3) is 0 Å². The van der Waals surface area contributed by atoms with E-state index in [1.165, 1.54) is 0 Å². The van der Waals surface area contributed by atoms with Crippen LogP contribution in [0.4, 0.5) is 0 Å². The van der Waals surface area contributed by atoms with E-state index in [2.05, 4.69) is 10.1 Å². The highest BCUT2D eigenvalue weighted by Gasteiger charge is 2.37. The van der Waals surface area contributed by atoms with E-state index in [0.29, 0.717) is 43.8 Å². The molecule has 1 amide bonds. The average molecular weight is 399 g/mol. The molecule has 4 rings (SSSR count). The molecule has 7 heteroatoms. The van der Waals surface area contributed by atoms with Crippen LogP contribution in [0.1, 0.15) is 48.9 Å². The standard InChI is InChI=1S/C22H29N3O4/c1-16(18-5-3-2-4-6-18)22(26)25-13-19(14-25)21-23-20(24-29-21)9-12-28-15-17-7-10-27-11-8-17/h2-6,16-17,19H,7-15H2,1H3. The summed E-state index contributed by atoms with van der Waals surface area (Å²) in [5.41, 5.74) is 1.04. The average Bonchev–Trinajstić information content (AvgIpc) is 3.19. The molecule has 156 valence electrons. The lowest BCUT2D eigenvalue weighted by Crippen LogP contribution is -2.50. The molecule has 7 nitrogen and oxygen atoms in total. The first-order chi connectivity index (χ1) is 14.2. The smallest absolute Gasteiger partial charge is 0.233 e. The Kier molecular flexibility index (Phi) is 6.56. The topological polar surface area (TPSA) is 77.7 Å². The molecule has 0 saturated carbocycles. The molecule has 0 aliphatic carbocycles. The van der Waals surface area contributed by atoms with Crippen LogP contribution in [0.3, 0.4) is 0 Å². The quantitative estimate of drug-likeness (QED) is 0.635. The SMILES string of the molecule is CC(C(=O)N1CC(c2nc(CCOCC3CCOCC3)no2)C1)c1ccccc1. The van der Waals surface area contributed by atoms with Gasteiger partial charge in [-0.1, -0.05) is 35.5 Å². The Hall–Kier alpha value is -2.25. The van der Waals surface area contributed by atoms with E-state index in [1.54, 1.807) is 0 Å². The number of likely N-dealkylation sites (tertiary alicyclic amines) is 1. The van der Waals surface area contributed by atoms with Crippen molar-refractivity contribution < 1.29 is 18.8 Å². The second-order valence-corrected chi connectivity index (χ2v) is 8.00. The predicted molar refractivity (Wildman–Crippen MR) is 107 cm³/mol. The van der Waals surface area contributed by atoms with E-state index in [-0.39, 0.29) is 17.7 Å². The van der Waals surface area contributed by atoms with Crippen LogP contribution in [0.5, 0.6) is 0 Å². The van der Waals surface area contributed by atoms with Crippen LogP contribution < -0.4 is 0 Å². The minimum absolute atomic E-state index is 0.131. The Bertz CT molecular complexity index is 782. The lowest BCUT2D eigenvalue weighted by atomic mass is 9.94. The molecule has 2 aliphatic rings. The van der Waals surface area contributed by atoms with E-state index < -0.39 is 0 Å². The minimum Gasteiger partial charge on any atom is -0.381 e. The van der Waals surface area contributed by atoms with Gasteiger partial charge in [0, 0.05) is 39.3 Å². The van der Waals surface area contributed by atoms with Gasteiger partial charge < -0.3 is 18.9 Å². The summed E-state index contributed by atoms with van der Waals surface area (Å²) < 4.78 is 16.6. The molecule has 1 unspecified atom stereocenters. The molecule has 1 aromatic heterocycles. The summed E-state index contributed by atoms with van der Waals surface area (Å²) in [5, 5.41) is 4.07. The van der Waals surface area contributed by atoms with Gasteiger partial charge in [-0.2, -0.15) is 4.98 Å². The number of carbonyl (C=O) groups excluding carboxylic acids is 1. The van der Waals surface area contributed by atoms with Gasteiger partial charge in [-0.15, -0.1) is 0 Å². The van der Waals surface area contributed by atoms with Gasteiger partial charge in [-0.3, -0.25) is 4.79 Å². The van der Waals surface area contributed by atoms with Gasteiger partial charge in [-0.25, -0.2) is 0 Å². The Labute approximate surface area is 171 Å². The van der Waals surface area contributed by atoms with Crippen molar-refractivity contribution in [3.8, 4) is 0 Å². The van der Waals surface area contributed by atoms with E-state index in [4.69, 9.17) is 14.0 Å². The highest BCUT2D eigenvalue weighted by atomic mass is 16.5. The second-order valence-electron chi connectivity index (χ2n) is 8.00. The van der Waals surface area contributed by atoms with Gasteiger partial charge in [0.2, 0.25) is 11.8 Å². The molecule has 3 heterocycles.